The fourth-order valence-corrected chi connectivity index (χ4v) is 3.34. The van der Waals surface area contributed by atoms with Crippen molar-refractivity contribution in [1.82, 2.24) is 0 Å². The number of hydrogen-bond acceptors (Lipinski definition) is 4. The number of benzene rings is 1. The predicted molar refractivity (Wildman–Crippen MR) is 75.6 cm³/mol. The summed E-state index contributed by atoms with van der Waals surface area (Å²) < 4.78 is 0. The highest BCUT2D eigenvalue weighted by atomic mass is 32.1. The molecule has 1 aromatic carbocycles. The Labute approximate surface area is 115 Å². The van der Waals surface area contributed by atoms with Crippen LogP contribution in [0.5, 0.6) is 0 Å². The monoisotopic (exact) mass is 268 g/mol. The van der Waals surface area contributed by atoms with Crippen molar-refractivity contribution in [2.45, 2.75) is 13.0 Å². The van der Waals surface area contributed by atoms with Gasteiger partial charge in [0, 0.05) is 23.5 Å². The number of thiophene rings is 1. The summed E-state index contributed by atoms with van der Waals surface area (Å²) in [4.78, 5) is 14.4. The fraction of sp³-hybridized carbons (Fsp3) is 0.200. The van der Waals surface area contributed by atoms with E-state index in [4.69, 9.17) is 0 Å². The van der Waals surface area contributed by atoms with Crippen LogP contribution in [0.1, 0.15) is 26.4 Å². The van der Waals surface area contributed by atoms with Crippen LogP contribution in [-0.4, -0.2) is 12.8 Å². The number of nitrogens with zero attached hydrogens (tertiary/aromatic N) is 2. The molecule has 1 aliphatic heterocycles. The first-order valence-corrected chi connectivity index (χ1v) is 6.99. The van der Waals surface area contributed by atoms with Crippen LogP contribution in [0.4, 0.5) is 5.69 Å². The van der Waals surface area contributed by atoms with Crippen molar-refractivity contribution in [1.29, 1.82) is 5.26 Å². The number of hydrogen-bond donors (Lipinski definition) is 0. The van der Waals surface area contributed by atoms with Crippen LogP contribution >= 0.6 is 11.3 Å². The third kappa shape index (κ3) is 2.13. The highest BCUT2D eigenvalue weighted by Crippen LogP contribution is 2.29. The lowest BCUT2D eigenvalue weighted by Gasteiger charge is -2.29. The van der Waals surface area contributed by atoms with E-state index in [1.807, 2.05) is 6.07 Å². The summed E-state index contributed by atoms with van der Waals surface area (Å²) in [6.07, 6.45) is 1.80. The standard InChI is InChI=1S/C15H12N2OS/c16-8-13-7-11(10-18)1-2-14(13)17-5-3-15-12(9-17)4-6-19-15/h1-2,4,6-7,10H,3,5,9H2. The number of rotatable bonds is 2. The maximum atomic E-state index is 10.8. The van der Waals surface area contributed by atoms with Gasteiger partial charge in [-0.1, -0.05) is 0 Å². The van der Waals surface area contributed by atoms with Gasteiger partial charge in [0.15, 0.2) is 0 Å². The molecule has 0 amide bonds. The highest BCUT2D eigenvalue weighted by molar-refractivity contribution is 7.10. The molecule has 0 unspecified atom stereocenters. The number of nitriles is 1. The summed E-state index contributed by atoms with van der Waals surface area (Å²) in [6, 6.07) is 9.64. The molecule has 0 aliphatic carbocycles. The summed E-state index contributed by atoms with van der Waals surface area (Å²) in [5, 5.41) is 11.4. The third-order valence-corrected chi connectivity index (χ3v) is 4.45. The SMILES string of the molecule is N#Cc1cc(C=O)ccc1N1CCc2sccc2C1. The molecule has 0 spiro atoms. The van der Waals surface area contributed by atoms with Crippen LogP contribution in [0.2, 0.25) is 0 Å². The van der Waals surface area contributed by atoms with Crippen LogP contribution in [0.25, 0.3) is 0 Å². The molecule has 3 rings (SSSR count). The molecule has 0 bridgehead atoms. The quantitative estimate of drug-likeness (QED) is 0.786. The van der Waals surface area contributed by atoms with E-state index in [2.05, 4.69) is 22.4 Å². The zero-order valence-electron chi connectivity index (χ0n) is 10.3. The summed E-state index contributed by atoms with van der Waals surface area (Å²) >= 11 is 1.80. The number of anilines is 1. The van der Waals surface area contributed by atoms with E-state index in [1.54, 1.807) is 23.5 Å². The Balaban J connectivity index is 1.96. The molecule has 1 aliphatic rings. The second kappa shape index (κ2) is 4.87. The van der Waals surface area contributed by atoms with E-state index in [0.717, 1.165) is 31.5 Å². The molecule has 0 N–H and O–H groups in total. The lowest BCUT2D eigenvalue weighted by Crippen LogP contribution is -2.30. The van der Waals surface area contributed by atoms with Crippen LogP contribution in [0, 0.1) is 11.3 Å². The van der Waals surface area contributed by atoms with Gasteiger partial charge in [-0.2, -0.15) is 5.26 Å². The first-order chi connectivity index (χ1) is 9.31. The Morgan fingerprint density at radius 2 is 2.26 bits per heavy atom. The van der Waals surface area contributed by atoms with E-state index in [-0.39, 0.29) is 0 Å². The van der Waals surface area contributed by atoms with Gasteiger partial charge < -0.3 is 4.90 Å². The largest absolute Gasteiger partial charge is 0.366 e. The smallest absolute Gasteiger partial charge is 0.150 e. The van der Waals surface area contributed by atoms with Gasteiger partial charge in [0.2, 0.25) is 0 Å². The molecule has 1 aromatic heterocycles. The zero-order valence-corrected chi connectivity index (χ0v) is 11.1. The summed E-state index contributed by atoms with van der Waals surface area (Å²) in [6.45, 7) is 1.76. The first kappa shape index (κ1) is 11.9. The molecule has 0 atom stereocenters. The minimum absolute atomic E-state index is 0.550. The molecular weight excluding hydrogens is 256 g/mol. The number of fused-ring (bicyclic) bond motifs is 1. The van der Waals surface area contributed by atoms with Crippen LogP contribution in [0.3, 0.4) is 0 Å². The van der Waals surface area contributed by atoms with Crippen molar-refractivity contribution < 1.29 is 4.79 Å². The average Bonchev–Trinajstić information content (AvgIpc) is 2.93. The zero-order chi connectivity index (χ0) is 13.2. The summed E-state index contributed by atoms with van der Waals surface area (Å²) in [5.41, 5.74) is 3.39. The average molecular weight is 268 g/mol. The van der Waals surface area contributed by atoms with E-state index in [1.165, 1.54) is 10.4 Å². The topological polar surface area (TPSA) is 44.1 Å². The maximum Gasteiger partial charge on any atom is 0.150 e. The predicted octanol–water partition coefficient (Wildman–Crippen LogP) is 2.99. The molecular formula is C15H12N2OS. The Hall–Kier alpha value is -2.12. The Morgan fingerprint density at radius 1 is 1.37 bits per heavy atom. The number of aldehydes is 1. The van der Waals surface area contributed by atoms with Crippen molar-refractivity contribution in [3.63, 3.8) is 0 Å². The van der Waals surface area contributed by atoms with Gasteiger partial charge in [0.1, 0.15) is 12.4 Å². The summed E-state index contributed by atoms with van der Waals surface area (Å²) in [5.74, 6) is 0. The van der Waals surface area contributed by atoms with E-state index in [9.17, 15) is 10.1 Å². The van der Waals surface area contributed by atoms with Crippen molar-refractivity contribution >= 4 is 23.3 Å². The maximum absolute atomic E-state index is 10.8. The normalized spacial score (nSPS) is 13.7. The molecule has 2 aromatic rings. The van der Waals surface area contributed by atoms with Gasteiger partial charge >= 0.3 is 0 Å². The van der Waals surface area contributed by atoms with Gasteiger partial charge in [-0.05, 0) is 41.6 Å². The Morgan fingerprint density at radius 3 is 3.05 bits per heavy atom. The molecule has 3 nitrogen and oxygen atoms in total. The molecule has 0 fully saturated rings. The van der Waals surface area contributed by atoms with Crippen molar-refractivity contribution in [2.24, 2.45) is 0 Å². The molecule has 0 radical (unpaired) electrons. The number of carbonyl (C=O) groups excluding carboxylic acids is 1. The van der Waals surface area contributed by atoms with Crippen molar-refractivity contribution in [3.05, 3.63) is 51.2 Å². The molecule has 2 heterocycles. The molecule has 0 saturated heterocycles. The molecule has 94 valence electrons. The van der Waals surface area contributed by atoms with Gasteiger partial charge in [-0.3, -0.25) is 4.79 Å². The van der Waals surface area contributed by atoms with Crippen LogP contribution in [0.15, 0.2) is 29.6 Å². The molecule has 4 heteroatoms. The minimum Gasteiger partial charge on any atom is -0.366 e. The lowest BCUT2D eigenvalue weighted by atomic mass is 10.0. The van der Waals surface area contributed by atoms with E-state index in [0.29, 0.717) is 11.1 Å². The van der Waals surface area contributed by atoms with E-state index < -0.39 is 0 Å². The van der Waals surface area contributed by atoms with E-state index >= 15 is 0 Å². The van der Waals surface area contributed by atoms with Crippen LogP contribution < -0.4 is 4.90 Å². The highest BCUT2D eigenvalue weighted by Gasteiger charge is 2.19. The Kier molecular flexibility index (Phi) is 3.06. The van der Waals surface area contributed by atoms with Crippen molar-refractivity contribution in [2.75, 3.05) is 11.4 Å². The summed E-state index contributed by atoms with van der Waals surface area (Å²) in [7, 11) is 0. The van der Waals surface area contributed by atoms with Crippen LogP contribution in [-0.2, 0) is 13.0 Å². The molecule has 19 heavy (non-hydrogen) atoms. The first-order valence-electron chi connectivity index (χ1n) is 6.11. The van der Waals surface area contributed by atoms with Gasteiger partial charge in [-0.15, -0.1) is 11.3 Å². The van der Waals surface area contributed by atoms with Gasteiger partial charge in [0.05, 0.1) is 11.3 Å². The third-order valence-electron chi connectivity index (χ3n) is 3.43. The van der Waals surface area contributed by atoms with Gasteiger partial charge in [0.25, 0.3) is 0 Å². The minimum atomic E-state index is 0.550. The fourth-order valence-electron chi connectivity index (χ4n) is 2.45. The molecule has 0 saturated carbocycles. The van der Waals surface area contributed by atoms with Crippen molar-refractivity contribution in [3.8, 4) is 6.07 Å². The Bertz CT molecular complexity index is 669. The second-order valence-corrected chi connectivity index (χ2v) is 5.55. The van der Waals surface area contributed by atoms with Gasteiger partial charge in [-0.25, -0.2) is 0 Å². The number of carbonyl (C=O) groups is 1. The second-order valence-electron chi connectivity index (χ2n) is 4.55. The lowest BCUT2D eigenvalue weighted by molar-refractivity contribution is 0.112.